The van der Waals surface area contributed by atoms with Gasteiger partial charge in [-0.3, -0.25) is 23.6 Å². The normalized spacial score (nSPS) is 16.7. The van der Waals surface area contributed by atoms with Gasteiger partial charge < -0.3 is 0 Å². The van der Waals surface area contributed by atoms with Gasteiger partial charge in [-0.2, -0.15) is 13.2 Å². The van der Waals surface area contributed by atoms with E-state index in [1.807, 2.05) is 10.3 Å². The van der Waals surface area contributed by atoms with Gasteiger partial charge in [0.1, 0.15) is 0 Å². The zero-order chi connectivity index (χ0) is 20.8. The first kappa shape index (κ1) is 20.2. The Morgan fingerprint density at radius 1 is 1.21 bits per heavy atom. The van der Waals surface area contributed by atoms with Crippen LogP contribution in [0.1, 0.15) is 11.5 Å². The molecule has 1 saturated heterocycles. The van der Waals surface area contributed by atoms with Gasteiger partial charge in [0.2, 0.25) is 5.82 Å². The molecule has 8 nitrogen and oxygen atoms in total. The fourth-order valence-corrected chi connectivity index (χ4v) is 4.23. The number of aromatic nitrogens is 5. The first-order valence-electron chi connectivity index (χ1n) is 8.84. The highest BCUT2D eigenvalue weighted by Gasteiger charge is 2.37. The fourth-order valence-electron chi connectivity index (χ4n) is 3.30. The fraction of sp³-hybridized carbons (Fsp3) is 0.500. The third kappa shape index (κ3) is 4.13. The van der Waals surface area contributed by atoms with Crippen molar-refractivity contribution < 1.29 is 13.2 Å². The van der Waals surface area contributed by atoms with E-state index in [-0.39, 0.29) is 17.0 Å². The van der Waals surface area contributed by atoms with Crippen LogP contribution >= 0.6 is 23.6 Å². The molecular formula is C16H18F3N7OS2. The molecule has 0 bridgehead atoms. The standard InChI is InChI=1S/C16H18F3N7OS2/c1-22-13(16(17,18)19)21-26(15(22)28)10-24-4-2-23(3-5-24)9-11-8-12(27)25-6-7-29-14(25)20-11/h6-8H,2-5,9-10H2,1H3. The van der Waals surface area contributed by atoms with E-state index in [2.05, 4.69) is 15.0 Å². The number of thiazole rings is 1. The third-order valence-corrected chi connectivity index (χ3v) is 6.08. The van der Waals surface area contributed by atoms with Crippen LogP contribution in [-0.2, 0) is 26.4 Å². The van der Waals surface area contributed by atoms with Crippen molar-refractivity contribution in [1.29, 1.82) is 0 Å². The van der Waals surface area contributed by atoms with E-state index >= 15 is 0 Å². The Kier molecular flexibility index (Phi) is 5.31. The van der Waals surface area contributed by atoms with Crippen molar-refractivity contribution in [2.45, 2.75) is 19.4 Å². The van der Waals surface area contributed by atoms with Gasteiger partial charge >= 0.3 is 6.18 Å². The molecule has 3 aromatic rings. The second-order valence-corrected chi connectivity index (χ2v) is 8.08. The first-order valence-corrected chi connectivity index (χ1v) is 10.1. The maximum absolute atomic E-state index is 13.0. The molecule has 0 radical (unpaired) electrons. The Morgan fingerprint density at radius 2 is 1.90 bits per heavy atom. The number of nitrogens with zero attached hydrogens (tertiary/aromatic N) is 7. The first-order chi connectivity index (χ1) is 13.7. The minimum Gasteiger partial charge on any atom is -0.299 e. The van der Waals surface area contributed by atoms with E-state index in [1.165, 1.54) is 33.5 Å². The van der Waals surface area contributed by atoms with Gasteiger partial charge in [-0.05, 0) is 12.2 Å². The van der Waals surface area contributed by atoms with Crippen molar-refractivity contribution >= 4 is 28.5 Å². The number of halogens is 3. The molecule has 0 atom stereocenters. The lowest BCUT2D eigenvalue weighted by Gasteiger charge is -2.34. The summed E-state index contributed by atoms with van der Waals surface area (Å²) in [5.74, 6) is -0.998. The van der Waals surface area contributed by atoms with Crippen molar-refractivity contribution in [1.82, 2.24) is 33.5 Å². The van der Waals surface area contributed by atoms with E-state index in [1.54, 1.807) is 6.20 Å². The van der Waals surface area contributed by atoms with Gasteiger partial charge in [-0.25, -0.2) is 9.67 Å². The van der Waals surface area contributed by atoms with Crippen molar-refractivity contribution in [3.63, 3.8) is 0 Å². The van der Waals surface area contributed by atoms with Gasteiger partial charge in [0.25, 0.3) is 5.56 Å². The molecule has 156 valence electrons. The summed E-state index contributed by atoms with van der Waals surface area (Å²) in [4.78, 5) is 21.4. The minimum absolute atomic E-state index is 0.0358. The molecule has 13 heteroatoms. The van der Waals surface area contributed by atoms with Gasteiger partial charge in [0, 0.05) is 57.4 Å². The molecule has 1 aliphatic heterocycles. The molecular weight excluding hydrogens is 427 g/mol. The molecule has 0 N–H and O–H groups in total. The monoisotopic (exact) mass is 445 g/mol. The SMILES string of the molecule is Cn1c(C(F)(F)F)nn(CN2CCN(Cc3cc(=O)n4ccsc4n3)CC2)c1=S. The average Bonchev–Trinajstić information content (AvgIpc) is 3.23. The van der Waals surface area contributed by atoms with Gasteiger partial charge in [-0.15, -0.1) is 16.4 Å². The number of hydrogen-bond acceptors (Lipinski definition) is 7. The molecule has 0 aromatic carbocycles. The van der Waals surface area contributed by atoms with E-state index in [4.69, 9.17) is 12.2 Å². The van der Waals surface area contributed by atoms with E-state index in [0.717, 1.165) is 4.57 Å². The molecule has 0 saturated carbocycles. The van der Waals surface area contributed by atoms with Gasteiger partial charge in [-0.1, -0.05) is 0 Å². The molecule has 4 heterocycles. The van der Waals surface area contributed by atoms with Crippen LogP contribution < -0.4 is 5.56 Å². The smallest absolute Gasteiger partial charge is 0.299 e. The van der Waals surface area contributed by atoms with E-state index in [9.17, 15) is 18.0 Å². The lowest BCUT2D eigenvalue weighted by atomic mass is 10.3. The molecule has 0 unspecified atom stereocenters. The number of rotatable bonds is 4. The summed E-state index contributed by atoms with van der Waals surface area (Å²) in [5, 5.41) is 5.46. The van der Waals surface area contributed by atoms with Crippen molar-refractivity contribution in [3.05, 3.63) is 44.3 Å². The molecule has 1 aliphatic rings. The third-order valence-electron chi connectivity index (χ3n) is 4.84. The second kappa shape index (κ2) is 7.63. The van der Waals surface area contributed by atoms with E-state index in [0.29, 0.717) is 43.4 Å². The summed E-state index contributed by atoms with van der Waals surface area (Å²) in [6.45, 7) is 3.48. The van der Waals surface area contributed by atoms with Crippen LogP contribution in [0.4, 0.5) is 13.2 Å². The highest BCUT2D eigenvalue weighted by Crippen LogP contribution is 2.27. The second-order valence-electron chi connectivity index (χ2n) is 6.84. The Morgan fingerprint density at radius 3 is 2.55 bits per heavy atom. The Balaban J connectivity index is 1.38. The van der Waals surface area contributed by atoms with E-state index < -0.39 is 12.0 Å². The lowest BCUT2D eigenvalue weighted by Crippen LogP contribution is -2.46. The summed E-state index contributed by atoms with van der Waals surface area (Å²) >= 11 is 6.50. The summed E-state index contributed by atoms with van der Waals surface area (Å²) < 4.78 is 42.6. The van der Waals surface area contributed by atoms with Crippen LogP contribution in [0.5, 0.6) is 0 Å². The largest absolute Gasteiger partial charge is 0.451 e. The maximum Gasteiger partial charge on any atom is 0.451 e. The molecule has 29 heavy (non-hydrogen) atoms. The van der Waals surface area contributed by atoms with Gasteiger partial charge in [0.15, 0.2) is 9.73 Å². The number of hydrogen-bond donors (Lipinski definition) is 0. The average molecular weight is 445 g/mol. The van der Waals surface area contributed by atoms with Crippen LogP contribution in [-0.4, -0.2) is 59.7 Å². The van der Waals surface area contributed by atoms with Crippen molar-refractivity contribution in [2.75, 3.05) is 26.2 Å². The zero-order valence-electron chi connectivity index (χ0n) is 15.5. The van der Waals surface area contributed by atoms with Crippen molar-refractivity contribution in [2.24, 2.45) is 7.05 Å². The predicted octanol–water partition coefficient (Wildman–Crippen LogP) is 1.81. The van der Waals surface area contributed by atoms with Crippen LogP contribution in [0, 0.1) is 4.77 Å². The number of fused-ring (bicyclic) bond motifs is 1. The zero-order valence-corrected chi connectivity index (χ0v) is 17.1. The highest BCUT2D eigenvalue weighted by molar-refractivity contribution is 7.71. The molecule has 1 fully saturated rings. The highest BCUT2D eigenvalue weighted by atomic mass is 32.1. The topological polar surface area (TPSA) is 63.6 Å². The number of alkyl halides is 3. The van der Waals surface area contributed by atoms with Crippen LogP contribution in [0.2, 0.25) is 0 Å². The summed E-state index contributed by atoms with van der Waals surface area (Å²) in [6, 6.07) is 1.54. The van der Waals surface area contributed by atoms with Crippen LogP contribution in [0.15, 0.2) is 22.4 Å². The Hall–Kier alpha value is -2.09. The molecule has 3 aromatic heterocycles. The Bertz CT molecular complexity index is 1140. The summed E-state index contributed by atoms with van der Waals surface area (Å²) in [7, 11) is 1.27. The molecule has 0 aliphatic carbocycles. The quantitative estimate of drug-likeness (QED) is 0.571. The lowest BCUT2D eigenvalue weighted by molar-refractivity contribution is -0.147. The maximum atomic E-state index is 13.0. The summed E-state index contributed by atoms with van der Waals surface area (Å²) in [5.41, 5.74) is 0.613. The van der Waals surface area contributed by atoms with Gasteiger partial charge in [0.05, 0.1) is 12.4 Å². The Labute approximate surface area is 172 Å². The summed E-state index contributed by atoms with van der Waals surface area (Å²) in [6.07, 6.45) is -2.84. The van der Waals surface area contributed by atoms with Crippen LogP contribution in [0.3, 0.4) is 0 Å². The number of piperazine rings is 1. The van der Waals surface area contributed by atoms with Crippen molar-refractivity contribution in [3.8, 4) is 0 Å². The predicted molar refractivity (Wildman–Crippen MR) is 103 cm³/mol. The molecule has 0 amide bonds. The minimum atomic E-state index is -4.54. The molecule has 0 spiro atoms. The molecule has 4 rings (SSSR count). The van der Waals surface area contributed by atoms with Crippen LogP contribution in [0.25, 0.3) is 4.96 Å².